The van der Waals surface area contributed by atoms with Crippen molar-refractivity contribution in [2.45, 2.75) is 16.4 Å². The molecular weight excluding hydrogens is 455 g/mol. The Hall–Kier alpha value is -3.98. The van der Waals surface area contributed by atoms with Crippen molar-refractivity contribution in [1.82, 2.24) is 20.1 Å². The minimum Gasteiger partial charge on any atom is -0.496 e. The first-order chi connectivity index (χ1) is 16.6. The van der Waals surface area contributed by atoms with E-state index in [9.17, 15) is 14.0 Å². The minimum atomic E-state index is -0.989. The highest BCUT2D eigenvalue weighted by atomic mass is 32.2. The van der Waals surface area contributed by atoms with Crippen LogP contribution in [0.5, 0.6) is 5.75 Å². The van der Waals surface area contributed by atoms with Crippen molar-refractivity contribution < 1.29 is 18.7 Å². The van der Waals surface area contributed by atoms with Gasteiger partial charge in [0.05, 0.1) is 17.9 Å². The summed E-state index contributed by atoms with van der Waals surface area (Å²) in [7, 11) is 1.53. The lowest BCUT2D eigenvalue weighted by molar-refractivity contribution is 0.0789. The molecule has 9 heteroatoms. The maximum Gasteiger partial charge on any atom is 0.258 e. The number of nitrogens with one attached hydrogen (secondary N) is 1. The van der Waals surface area contributed by atoms with Crippen LogP contribution in [0.25, 0.3) is 11.4 Å². The Balaban J connectivity index is 1.59. The lowest BCUT2D eigenvalue weighted by atomic mass is 10.0. The van der Waals surface area contributed by atoms with Crippen molar-refractivity contribution in [3.63, 3.8) is 0 Å². The van der Waals surface area contributed by atoms with Crippen molar-refractivity contribution in [2.24, 2.45) is 0 Å². The topological polar surface area (TPSA) is 86.1 Å². The van der Waals surface area contributed by atoms with Crippen molar-refractivity contribution >= 4 is 23.6 Å². The summed E-state index contributed by atoms with van der Waals surface area (Å²) in [6.45, 7) is 0. The standard InChI is InChI=1S/C25H19FN4O3S/c1-33-19-13-6-5-12-18(19)22-28-29-25-30(22)24(32)20(27-23(31)15-8-3-2-4-9-15)21(34-25)16-10-7-11-17(26)14-16/h2-14,20-21H,1H3,(H,27,31). The summed E-state index contributed by atoms with van der Waals surface area (Å²) in [5.41, 5.74) is 1.57. The quantitative estimate of drug-likeness (QED) is 0.462. The van der Waals surface area contributed by atoms with E-state index in [2.05, 4.69) is 15.5 Å². The third-order valence-electron chi connectivity index (χ3n) is 5.50. The molecule has 34 heavy (non-hydrogen) atoms. The maximum atomic E-state index is 14.0. The molecule has 1 aliphatic rings. The monoisotopic (exact) mass is 474 g/mol. The fourth-order valence-corrected chi connectivity index (χ4v) is 5.09. The molecule has 0 radical (unpaired) electrons. The Bertz CT molecular complexity index is 1380. The zero-order chi connectivity index (χ0) is 23.7. The van der Waals surface area contributed by atoms with Gasteiger partial charge in [0.1, 0.15) is 17.6 Å². The Labute approximate surface area is 199 Å². The second-order valence-electron chi connectivity index (χ2n) is 7.59. The smallest absolute Gasteiger partial charge is 0.258 e. The molecule has 2 unspecified atom stereocenters. The number of aromatic nitrogens is 3. The number of fused-ring (bicyclic) bond motifs is 1. The number of benzene rings is 3. The number of methoxy groups -OCH3 is 1. The van der Waals surface area contributed by atoms with Crippen LogP contribution in [0.1, 0.15) is 26.0 Å². The van der Waals surface area contributed by atoms with Gasteiger partial charge in [0.2, 0.25) is 0 Å². The van der Waals surface area contributed by atoms with Gasteiger partial charge < -0.3 is 10.1 Å². The molecular formula is C25H19FN4O3S. The Morgan fingerprint density at radius 1 is 1.03 bits per heavy atom. The normalized spacial score (nSPS) is 17.2. The number of nitrogens with zero attached hydrogens (tertiary/aromatic N) is 3. The SMILES string of the molecule is COc1ccccc1-c1nnc2n1C(=O)C(NC(=O)c1ccccc1)C(c1cccc(F)c1)S2. The second-order valence-corrected chi connectivity index (χ2v) is 8.70. The summed E-state index contributed by atoms with van der Waals surface area (Å²) >= 11 is 1.24. The fourth-order valence-electron chi connectivity index (χ4n) is 3.89. The first-order valence-electron chi connectivity index (χ1n) is 10.5. The second kappa shape index (κ2) is 9.11. The lowest BCUT2D eigenvalue weighted by Crippen LogP contribution is -2.48. The molecule has 1 aromatic heterocycles. The molecule has 0 spiro atoms. The number of rotatable bonds is 5. The van der Waals surface area contributed by atoms with E-state index in [1.54, 1.807) is 54.6 Å². The van der Waals surface area contributed by atoms with Gasteiger partial charge in [-0.3, -0.25) is 9.59 Å². The number of thioether (sulfide) groups is 1. The van der Waals surface area contributed by atoms with E-state index in [0.29, 0.717) is 33.4 Å². The number of ether oxygens (including phenoxy) is 1. The highest BCUT2D eigenvalue weighted by molar-refractivity contribution is 7.99. The lowest BCUT2D eigenvalue weighted by Gasteiger charge is -2.31. The van der Waals surface area contributed by atoms with Crippen LogP contribution in [0.2, 0.25) is 0 Å². The van der Waals surface area contributed by atoms with Crippen LogP contribution in [0.4, 0.5) is 4.39 Å². The number of halogens is 1. The number of hydrogen-bond donors (Lipinski definition) is 1. The van der Waals surface area contributed by atoms with Crippen molar-refractivity contribution in [1.29, 1.82) is 0 Å². The molecule has 1 amide bonds. The average Bonchev–Trinajstić information content (AvgIpc) is 3.30. The Morgan fingerprint density at radius 3 is 2.56 bits per heavy atom. The van der Waals surface area contributed by atoms with Gasteiger partial charge in [-0.25, -0.2) is 8.96 Å². The predicted molar refractivity (Wildman–Crippen MR) is 125 cm³/mol. The highest BCUT2D eigenvalue weighted by Crippen LogP contribution is 2.43. The molecule has 0 bridgehead atoms. The van der Waals surface area contributed by atoms with Crippen LogP contribution in [-0.4, -0.2) is 39.7 Å². The van der Waals surface area contributed by atoms with Crippen molar-refractivity contribution in [3.05, 3.63) is 95.8 Å². The van der Waals surface area contributed by atoms with Crippen molar-refractivity contribution in [3.8, 4) is 17.1 Å². The highest BCUT2D eigenvalue weighted by Gasteiger charge is 2.41. The Kier molecular flexibility index (Phi) is 5.85. The third kappa shape index (κ3) is 3.94. The van der Waals surface area contributed by atoms with Crippen molar-refractivity contribution in [2.75, 3.05) is 7.11 Å². The van der Waals surface area contributed by atoms with Crippen LogP contribution in [0.3, 0.4) is 0 Å². The molecule has 1 aliphatic heterocycles. The largest absolute Gasteiger partial charge is 0.496 e. The summed E-state index contributed by atoms with van der Waals surface area (Å²) in [6, 6.07) is 20.8. The van der Waals surface area contributed by atoms with Gasteiger partial charge in [-0.05, 0) is 42.0 Å². The molecule has 1 N–H and O–H groups in total. The Morgan fingerprint density at radius 2 is 1.79 bits per heavy atom. The van der Waals surface area contributed by atoms with Crippen LogP contribution in [-0.2, 0) is 0 Å². The first kappa shape index (κ1) is 21.8. The first-order valence-corrected chi connectivity index (χ1v) is 11.4. The molecule has 0 aliphatic carbocycles. The van der Waals surface area contributed by atoms with E-state index in [1.165, 1.54) is 35.6 Å². The molecule has 170 valence electrons. The summed E-state index contributed by atoms with van der Waals surface area (Å²) in [4.78, 5) is 26.8. The van der Waals surface area contributed by atoms with E-state index in [1.807, 2.05) is 12.1 Å². The van der Waals surface area contributed by atoms with Gasteiger partial charge in [0, 0.05) is 5.56 Å². The zero-order valence-electron chi connectivity index (χ0n) is 18.0. The molecule has 2 atom stereocenters. The van der Waals surface area contributed by atoms with E-state index < -0.39 is 28.9 Å². The average molecular weight is 475 g/mol. The van der Waals surface area contributed by atoms with E-state index in [0.717, 1.165) is 0 Å². The van der Waals surface area contributed by atoms with Crippen LogP contribution < -0.4 is 10.1 Å². The van der Waals surface area contributed by atoms with E-state index >= 15 is 0 Å². The fraction of sp³-hybridized carbons (Fsp3) is 0.120. The number of carbonyl (C=O) groups is 2. The maximum absolute atomic E-state index is 14.0. The molecule has 2 heterocycles. The van der Waals surface area contributed by atoms with Crippen LogP contribution >= 0.6 is 11.8 Å². The molecule has 5 rings (SSSR count). The van der Waals surface area contributed by atoms with Crippen LogP contribution in [0.15, 0.2) is 84.0 Å². The molecule has 3 aromatic carbocycles. The van der Waals surface area contributed by atoms with Gasteiger partial charge >= 0.3 is 0 Å². The van der Waals surface area contributed by atoms with Gasteiger partial charge in [0.25, 0.3) is 11.8 Å². The van der Waals surface area contributed by atoms with Gasteiger partial charge in [-0.2, -0.15) is 0 Å². The summed E-state index contributed by atoms with van der Waals surface area (Å²) in [5, 5.41) is 11.1. The van der Waals surface area contributed by atoms with Gasteiger partial charge in [-0.1, -0.05) is 54.2 Å². The van der Waals surface area contributed by atoms with Gasteiger partial charge in [-0.15, -0.1) is 10.2 Å². The van der Waals surface area contributed by atoms with E-state index in [-0.39, 0.29) is 0 Å². The minimum absolute atomic E-state index is 0.307. The molecule has 0 saturated heterocycles. The molecule has 4 aromatic rings. The van der Waals surface area contributed by atoms with Gasteiger partial charge in [0.15, 0.2) is 11.0 Å². The number of hydrogen-bond acceptors (Lipinski definition) is 6. The molecule has 7 nitrogen and oxygen atoms in total. The summed E-state index contributed by atoms with van der Waals surface area (Å²) in [5.74, 6) is -0.413. The predicted octanol–water partition coefficient (Wildman–Crippen LogP) is 4.38. The summed E-state index contributed by atoms with van der Waals surface area (Å²) in [6.07, 6.45) is 0. The third-order valence-corrected chi connectivity index (χ3v) is 6.78. The van der Waals surface area contributed by atoms with E-state index in [4.69, 9.17) is 4.74 Å². The molecule has 0 fully saturated rings. The number of para-hydroxylation sites is 1. The molecule has 0 saturated carbocycles. The van der Waals surface area contributed by atoms with Crippen LogP contribution in [0, 0.1) is 5.82 Å². The summed E-state index contributed by atoms with van der Waals surface area (Å²) < 4.78 is 20.9. The number of amides is 1. The number of carbonyl (C=O) groups excluding carboxylic acids is 2. The zero-order valence-corrected chi connectivity index (χ0v) is 18.8.